The normalized spacial score (nSPS) is 17.0. The minimum atomic E-state index is -0.326. The topological polar surface area (TPSA) is 49.4 Å². The van der Waals surface area contributed by atoms with Crippen LogP contribution in [0.5, 0.6) is 0 Å². The average Bonchev–Trinajstić information content (AvgIpc) is 2.97. The molecular formula is C20H21ClN2O2. The van der Waals surface area contributed by atoms with Crippen LogP contribution in [0, 0.1) is 19.8 Å². The van der Waals surface area contributed by atoms with Gasteiger partial charge in [-0.25, -0.2) is 0 Å². The lowest BCUT2D eigenvalue weighted by Gasteiger charge is -2.18. The summed E-state index contributed by atoms with van der Waals surface area (Å²) in [7, 11) is 0. The number of aryl methyl sites for hydroxylation is 2. The lowest BCUT2D eigenvalue weighted by Crippen LogP contribution is -2.32. The van der Waals surface area contributed by atoms with Gasteiger partial charge < -0.3 is 10.2 Å². The number of rotatable bonds is 4. The molecule has 130 valence electrons. The Morgan fingerprint density at radius 3 is 2.72 bits per heavy atom. The van der Waals surface area contributed by atoms with Crippen LogP contribution in [0.15, 0.2) is 42.5 Å². The maximum absolute atomic E-state index is 12.4. The van der Waals surface area contributed by atoms with Gasteiger partial charge >= 0.3 is 0 Å². The largest absolute Gasteiger partial charge is 0.352 e. The second-order valence-electron chi connectivity index (χ2n) is 6.52. The molecule has 1 aliphatic heterocycles. The van der Waals surface area contributed by atoms with E-state index in [1.807, 2.05) is 50.2 Å². The zero-order valence-corrected chi connectivity index (χ0v) is 15.1. The predicted molar refractivity (Wildman–Crippen MR) is 99.7 cm³/mol. The van der Waals surface area contributed by atoms with Crippen molar-refractivity contribution >= 4 is 29.1 Å². The third kappa shape index (κ3) is 4.02. The lowest BCUT2D eigenvalue weighted by atomic mass is 10.1. The fourth-order valence-corrected chi connectivity index (χ4v) is 3.22. The molecule has 0 aromatic heterocycles. The van der Waals surface area contributed by atoms with E-state index >= 15 is 0 Å². The van der Waals surface area contributed by atoms with E-state index in [4.69, 9.17) is 11.6 Å². The predicted octanol–water partition coefficient (Wildman–Crippen LogP) is 3.63. The van der Waals surface area contributed by atoms with Gasteiger partial charge in [-0.1, -0.05) is 29.8 Å². The van der Waals surface area contributed by atoms with E-state index in [0.717, 1.165) is 16.8 Å². The van der Waals surface area contributed by atoms with E-state index in [0.29, 0.717) is 18.1 Å². The van der Waals surface area contributed by atoms with E-state index in [1.165, 1.54) is 5.56 Å². The number of halogens is 1. The number of carbonyl (C=O) groups is 2. The van der Waals surface area contributed by atoms with Crippen molar-refractivity contribution in [1.29, 1.82) is 0 Å². The first-order valence-corrected chi connectivity index (χ1v) is 8.71. The maximum atomic E-state index is 12.4. The third-order valence-electron chi connectivity index (χ3n) is 4.65. The van der Waals surface area contributed by atoms with Crippen molar-refractivity contribution in [3.05, 3.63) is 64.2 Å². The molecule has 25 heavy (non-hydrogen) atoms. The summed E-state index contributed by atoms with van der Waals surface area (Å²) in [6.45, 7) is 4.89. The van der Waals surface area contributed by atoms with Crippen LogP contribution < -0.4 is 10.2 Å². The summed E-state index contributed by atoms with van der Waals surface area (Å²) in [4.78, 5) is 26.5. The number of benzene rings is 2. The van der Waals surface area contributed by atoms with E-state index in [2.05, 4.69) is 5.32 Å². The van der Waals surface area contributed by atoms with E-state index in [9.17, 15) is 9.59 Å². The number of hydrogen-bond donors (Lipinski definition) is 1. The van der Waals surface area contributed by atoms with Crippen molar-refractivity contribution < 1.29 is 9.59 Å². The van der Waals surface area contributed by atoms with Gasteiger partial charge in [0.2, 0.25) is 11.8 Å². The number of nitrogens with one attached hydrogen (secondary N) is 1. The molecule has 5 heteroatoms. The van der Waals surface area contributed by atoms with Gasteiger partial charge in [-0.2, -0.15) is 0 Å². The molecule has 0 bridgehead atoms. The summed E-state index contributed by atoms with van der Waals surface area (Å²) in [5, 5.41) is 3.55. The second-order valence-corrected chi connectivity index (χ2v) is 6.96. The van der Waals surface area contributed by atoms with Crippen molar-refractivity contribution in [2.24, 2.45) is 5.92 Å². The SMILES string of the molecule is Cc1ccc(N2C[C@@H](C(=O)NCc3cccc(Cl)c3)CC2=O)cc1C. The van der Waals surface area contributed by atoms with Crippen LogP contribution in [0.3, 0.4) is 0 Å². The molecule has 0 unspecified atom stereocenters. The Kier molecular flexibility index (Phi) is 5.09. The molecule has 1 saturated heterocycles. The summed E-state index contributed by atoms with van der Waals surface area (Å²) < 4.78 is 0. The highest BCUT2D eigenvalue weighted by molar-refractivity contribution is 6.30. The molecule has 0 aliphatic carbocycles. The molecule has 1 heterocycles. The van der Waals surface area contributed by atoms with Crippen LogP contribution in [0.4, 0.5) is 5.69 Å². The third-order valence-corrected chi connectivity index (χ3v) is 4.89. The quantitative estimate of drug-likeness (QED) is 0.909. The molecule has 0 spiro atoms. The van der Waals surface area contributed by atoms with E-state index < -0.39 is 0 Å². The smallest absolute Gasteiger partial charge is 0.227 e. The summed E-state index contributed by atoms with van der Waals surface area (Å²) in [5.41, 5.74) is 4.12. The zero-order chi connectivity index (χ0) is 18.0. The standard InChI is InChI=1S/C20H21ClN2O2/c1-13-6-7-18(8-14(13)2)23-12-16(10-19(23)24)20(25)22-11-15-4-3-5-17(21)9-15/h3-9,16H,10-12H2,1-2H3,(H,22,25)/t16-/m0/s1. The Morgan fingerprint density at radius 1 is 1.20 bits per heavy atom. The first-order chi connectivity index (χ1) is 11.9. The average molecular weight is 357 g/mol. The number of carbonyl (C=O) groups excluding carboxylic acids is 2. The first kappa shape index (κ1) is 17.5. The van der Waals surface area contributed by atoms with Gasteiger partial charge in [-0.05, 0) is 54.8 Å². The minimum Gasteiger partial charge on any atom is -0.352 e. The van der Waals surface area contributed by atoms with E-state index in [1.54, 1.807) is 11.0 Å². The fraction of sp³-hybridized carbons (Fsp3) is 0.300. The Morgan fingerprint density at radius 2 is 2.00 bits per heavy atom. The van der Waals surface area contributed by atoms with Crippen molar-refractivity contribution in [3.8, 4) is 0 Å². The van der Waals surface area contributed by atoms with E-state index in [-0.39, 0.29) is 24.2 Å². The highest BCUT2D eigenvalue weighted by Crippen LogP contribution is 2.27. The Hall–Kier alpha value is -2.33. The summed E-state index contributed by atoms with van der Waals surface area (Å²) in [6.07, 6.45) is 0.244. The number of amides is 2. The number of anilines is 1. The maximum Gasteiger partial charge on any atom is 0.227 e. The van der Waals surface area contributed by atoms with Crippen molar-refractivity contribution in [2.75, 3.05) is 11.4 Å². The van der Waals surface area contributed by atoms with Crippen LogP contribution in [0.1, 0.15) is 23.1 Å². The van der Waals surface area contributed by atoms with Gasteiger partial charge in [0.1, 0.15) is 0 Å². The molecule has 1 atom stereocenters. The van der Waals surface area contributed by atoms with Crippen LogP contribution >= 0.6 is 11.6 Å². The molecule has 0 radical (unpaired) electrons. The van der Waals surface area contributed by atoms with Gasteiger partial charge in [0, 0.05) is 30.2 Å². The molecule has 1 N–H and O–H groups in total. The van der Waals surface area contributed by atoms with Crippen molar-refractivity contribution in [1.82, 2.24) is 5.32 Å². The monoisotopic (exact) mass is 356 g/mol. The molecule has 4 nitrogen and oxygen atoms in total. The summed E-state index contributed by atoms with van der Waals surface area (Å²) in [5.74, 6) is -0.431. The van der Waals surface area contributed by atoms with Gasteiger partial charge in [0.15, 0.2) is 0 Å². The zero-order valence-electron chi connectivity index (χ0n) is 14.4. The molecule has 0 saturated carbocycles. The summed E-state index contributed by atoms with van der Waals surface area (Å²) >= 11 is 5.95. The van der Waals surface area contributed by atoms with Crippen molar-refractivity contribution in [3.63, 3.8) is 0 Å². The summed E-state index contributed by atoms with van der Waals surface area (Å²) in [6, 6.07) is 13.3. The Balaban J connectivity index is 1.63. The molecule has 1 aliphatic rings. The lowest BCUT2D eigenvalue weighted by molar-refractivity contribution is -0.126. The van der Waals surface area contributed by atoms with Crippen molar-refractivity contribution in [2.45, 2.75) is 26.8 Å². The highest BCUT2D eigenvalue weighted by Gasteiger charge is 2.35. The Labute approximate surface area is 152 Å². The highest BCUT2D eigenvalue weighted by atomic mass is 35.5. The minimum absolute atomic E-state index is 0.00819. The molecule has 2 aromatic carbocycles. The van der Waals surface area contributed by atoms with Gasteiger partial charge in [0.05, 0.1) is 5.92 Å². The van der Waals surface area contributed by atoms with Crippen LogP contribution in [0.2, 0.25) is 5.02 Å². The number of hydrogen-bond acceptors (Lipinski definition) is 2. The fourth-order valence-electron chi connectivity index (χ4n) is 3.01. The first-order valence-electron chi connectivity index (χ1n) is 8.34. The van der Waals surface area contributed by atoms with Crippen LogP contribution in [-0.4, -0.2) is 18.4 Å². The molecular weight excluding hydrogens is 336 g/mol. The van der Waals surface area contributed by atoms with Gasteiger partial charge in [-0.15, -0.1) is 0 Å². The molecule has 1 fully saturated rings. The molecule has 3 rings (SSSR count). The van der Waals surface area contributed by atoms with Gasteiger partial charge in [-0.3, -0.25) is 9.59 Å². The van der Waals surface area contributed by atoms with Crippen LogP contribution in [0.25, 0.3) is 0 Å². The number of nitrogens with zero attached hydrogens (tertiary/aromatic N) is 1. The molecule has 2 amide bonds. The van der Waals surface area contributed by atoms with Crippen LogP contribution in [-0.2, 0) is 16.1 Å². The second kappa shape index (κ2) is 7.28. The Bertz CT molecular complexity index is 819. The van der Waals surface area contributed by atoms with Gasteiger partial charge in [0.25, 0.3) is 0 Å². The molecule has 2 aromatic rings.